The monoisotopic (exact) mass is 409 g/mol. The van der Waals surface area contributed by atoms with Crippen LogP contribution in [0.5, 0.6) is 0 Å². The first kappa shape index (κ1) is 21.1. The fraction of sp³-hybridized carbons (Fsp3) is 0.263. The van der Waals surface area contributed by atoms with Crippen molar-refractivity contribution < 1.29 is 22.7 Å². The number of Topliss-reactive ketones (excluding diaryl/α,β-unsaturated/α-hetero) is 1. The maximum Gasteiger partial charge on any atom is 0.338 e. The lowest BCUT2D eigenvalue weighted by Gasteiger charge is -2.10. The Morgan fingerprint density at radius 3 is 2.26 bits per heavy atom. The first-order valence-corrected chi connectivity index (χ1v) is 10.2. The van der Waals surface area contributed by atoms with Gasteiger partial charge in [-0.1, -0.05) is 49.7 Å². The van der Waals surface area contributed by atoms with Crippen LogP contribution >= 0.6 is 11.6 Å². The number of hydrogen-bond donors (Lipinski definition) is 1. The van der Waals surface area contributed by atoms with Gasteiger partial charge >= 0.3 is 5.97 Å². The second kappa shape index (κ2) is 8.65. The van der Waals surface area contributed by atoms with Crippen LogP contribution in [0.1, 0.15) is 52.5 Å². The first-order chi connectivity index (χ1) is 12.6. The van der Waals surface area contributed by atoms with Crippen LogP contribution in [0.4, 0.5) is 0 Å². The molecule has 0 saturated carbocycles. The second-order valence-electron chi connectivity index (χ2n) is 6.12. The Hall–Kier alpha value is -2.22. The molecule has 0 bridgehead atoms. The minimum Gasteiger partial charge on any atom is -0.454 e. The van der Waals surface area contributed by atoms with E-state index in [1.165, 1.54) is 12.1 Å². The van der Waals surface area contributed by atoms with Gasteiger partial charge in [0, 0.05) is 5.56 Å². The highest BCUT2D eigenvalue weighted by atomic mass is 35.5. The highest BCUT2D eigenvalue weighted by Gasteiger charge is 2.18. The molecule has 8 heteroatoms. The van der Waals surface area contributed by atoms with Crippen LogP contribution in [-0.2, 0) is 14.8 Å². The SMILES string of the molecule is CCC(C)c1ccc(C(=O)COC(=O)c2ccc(Cl)c(S(N)(=O)=O)c2)cc1. The molecule has 2 N–H and O–H groups in total. The van der Waals surface area contributed by atoms with Crippen molar-refractivity contribution in [1.29, 1.82) is 0 Å². The zero-order valence-electron chi connectivity index (χ0n) is 14.9. The molecular weight excluding hydrogens is 390 g/mol. The van der Waals surface area contributed by atoms with E-state index in [0.29, 0.717) is 11.5 Å². The Balaban J connectivity index is 2.06. The molecule has 2 aromatic rings. The van der Waals surface area contributed by atoms with E-state index in [-0.39, 0.29) is 21.3 Å². The molecule has 2 rings (SSSR count). The Morgan fingerprint density at radius 1 is 1.11 bits per heavy atom. The minimum atomic E-state index is -4.08. The summed E-state index contributed by atoms with van der Waals surface area (Å²) in [4.78, 5) is 23.9. The van der Waals surface area contributed by atoms with Gasteiger partial charge in [-0.15, -0.1) is 0 Å². The molecule has 0 radical (unpaired) electrons. The summed E-state index contributed by atoms with van der Waals surface area (Å²) in [6, 6.07) is 10.7. The fourth-order valence-electron chi connectivity index (χ4n) is 2.38. The van der Waals surface area contributed by atoms with Gasteiger partial charge in [-0.2, -0.15) is 0 Å². The van der Waals surface area contributed by atoms with Gasteiger partial charge < -0.3 is 4.74 Å². The fourth-order valence-corrected chi connectivity index (χ4v) is 3.45. The number of nitrogens with two attached hydrogens (primary N) is 1. The van der Waals surface area contributed by atoms with E-state index in [9.17, 15) is 18.0 Å². The molecule has 1 unspecified atom stereocenters. The zero-order valence-corrected chi connectivity index (χ0v) is 16.5. The normalized spacial score (nSPS) is 12.4. The molecular formula is C19H20ClNO5S. The van der Waals surface area contributed by atoms with Crippen molar-refractivity contribution in [3.05, 3.63) is 64.2 Å². The van der Waals surface area contributed by atoms with E-state index in [0.717, 1.165) is 18.1 Å². The Kier molecular flexibility index (Phi) is 6.75. The summed E-state index contributed by atoms with van der Waals surface area (Å²) in [6.45, 7) is 3.72. The number of ether oxygens (including phenoxy) is 1. The number of ketones is 1. The number of rotatable bonds is 7. The van der Waals surface area contributed by atoms with Gasteiger partial charge in [0.2, 0.25) is 10.0 Å². The molecule has 2 aromatic carbocycles. The predicted octanol–water partition coefficient (Wildman–Crippen LogP) is 3.54. The lowest BCUT2D eigenvalue weighted by atomic mass is 9.97. The molecule has 0 heterocycles. The van der Waals surface area contributed by atoms with Gasteiger partial charge in [-0.25, -0.2) is 18.4 Å². The molecule has 6 nitrogen and oxygen atoms in total. The topological polar surface area (TPSA) is 104 Å². The first-order valence-electron chi connectivity index (χ1n) is 8.26. The number of primary sulfonamides is 1. The van der Waals surface area contributed by atoms with Crippen LogP contribution in [0.3, 0.4) is 0 Å². The molecule has 0 fully saturated rings. The smallest absolute Gasteiger partial charge is 0.338 e. The number of benzene rings is 2. The lowest BCUT2D eigenvalue weighted by Crippen LogP contribution is -2.16. The highest BCUT2D eigenvalue weighted by molar-refractivity contribution is 7.89. The molecule has 0 aliphatic heterocycles. The molecule has 0 aliphatic rings. The van der Waals surface area contributed by atoms with Crippen LogP contribution in [0.15, 0.2) is 47.4 Å². The molecule has 27 heavy (non-hydrogen) atoms. The molecule has 0 amide bonds. The van der Waals surface area contributed by atoms with Gasteiger partial charge in [0.05, 0.1) is 10.6 Å². The van der Waals surface area contributed by atoms with Gasteiger partial charge in [-0.05, 0) is 36.1 Å². The Morgan fingerprint density at radius 2 is 1.70 bits per heavy atom. The number of sulfonamides is 1. The maximum absolute atomic E-state index is 12.2. The molecule has 0 aliphatic carbocycles. The number of esters is 1. The predicted molar refractivity (Wildman–Crippen MR) is 103 cm³/mol. The van der Waals surface area contributed by atoms with Crippen molar-refractivity contribution in [1.82, 2.24) is 0 Å². The van der Waals surface area contributed by atoms with E-state index >= 15 is 0 Å². The number of halogens is 1. The average molecular weight is 410 g/mol. The highest BCUT2D eigenvalue weighted by Crippen LogP contribution is 2.22. The van der Waals surface area contributed by atoms with Crippen LogP contribution < -0.4 is 5.14 Å². The summed E-state index contributed by atoms with van der Waals surface area (Å²) in [5, 5.41) is 4.94. The van der Waals surface area contributed by atoms with Crippen LogP contribution in [0.2, 0.25) is 5.02 Å². The van der Waals surface area contributed by atoms with Crippen molar-refractivity contribution in [2.45, 2.75) is 31.1 Å². The number of carbonyl (C=O) groups excluding carboxylic acids is 2. The van der Waals surface area contributed by atoms with E-state index in [1.54, 1.807) is 12.1 Å². The lowest BCUT2D eigenvalue weighted by molar-refractivity contribution is 0.0474. The third-order valence-electron chi connectivity index (χ3n) is 4.22. The number of carbonyl (C=O) groups is 2. The van der Waals surface area contributed by atoms with Gasteiger partial charge in [-0.3, -0.25) is 4.79 Å². The average Bonchev–Trinajstić information content (AvgIpc) is 2.64. The summed E-state index contributed by atoms with van der Waals surface area (Å²) in [6.07, 6.45) is 0.993. The molecule has 0 spiro atoms. The third-order valence-corrected chi connectivity index (χ3v) is 5.61. The van der Waals surface area contributed by atoms with E-state index in [1.807, 2.05) is 12.1 Å². The quantitative estimate of drug-likeness (QED) is 0.556. The van der Waals surface area contributed by atoms with E-state index in [4.69, 9.17) is 21.5 Å². The van der Waals surface area contributed by atoms with Gasteiger partial charge in [0.25, 0.3) is 0 Å². The van der Waals surface area contributed by atoms with Crippen molar-refractivity contribution >= 4 is 33.4 Å². The van der Waals surface area contributed by atoms with E-state index < -0.39 is 22.6 Å². The molecule has 144 valence electrons. The van der Waals surface area contributed by atoms with Crippen molar-refractivity contribution in [3.8, 4) is 0 Å². The minimum absolute atomic E-state index is 0.0663. The summed E-state index contributed by atoms with van der Waals surface area (Å²) in [5.41, 5.74) is 1.49. The third kappa shape index (κ3) is 5.38. The standard InChI is InChI=1S/C19H20ClNO5S/c1-3-12(2)13-4-6-14(7-5-13)17(22)11-26-19(23)15-8-9-16(20)18(10-15)27(21,24)25/h4-10,12H,3,11H2,1-2H3,(H2,21,24,25). The van der Waals surface area contributed by atoms with Gasteiger partial charge in [0.1, 0.15) is 4.90 Å². The maximum atomic E-state index is 12.2. The van der Waals surface area contributed by atoms with E-state index in [2.05, 4.69) is 13.8 Å². The molecule has 0 aromatic heterocycles. The Labute approximate surface area is 163 Å². The summed E-state index contributed by atoms with van der Waals surface area (Å²) < 4.78 is 27.9. The second-order valence-corrected chi connectivity index (χ2v) is 8.06. The van der Waals surface area contributed by atoms with Crippen molar-refractivity contribution in [2.24, 2.45) is 5.14 Å². The van der Waals surface area contributed by atoms with Crippen LogP contribution in [-0.4, -0.2) is 26.8 Å². The molecule has 0 saturated heterocycles. The van der Waals surface area contributed by atoms with Crippen LogP contribution in [0.25, 0.3) is 0 Å². The summed E-state index contributed by atoms with van der Waals surface area (Å²) in [5.74, 6) is -0.814. The van der Waals surface area contributed by atoms with Crippen molar-refractivity contribution in [2.75, 3.05) is 6.61 Å². The van der Waals surface area contributed by atoms with Crippen LogP contribution in [0, 0.1) is 0 Å². The number of hydrogen-bond acceptors (Lipinski definition) is 5. The Bertz CT molecular complexity index is 955. The van der Waals surface area contributed by atoms with Crippen molar-refractivity contribution in [3.63, 3.8) is 0 Å². The van der Waals surface area contributed by atoms with Gasteiger partial charge in [0.15, 0.2) is 12.4 Å². The molecule has 1 atom stereocenters. The zero-order chi connectivity index (χ0) is 20.2. The summed E-state index contributed by atoms with van der Waals surface area (Å²) in [7, 11) is -4.08. The summed E-state index contributed by atoms with van der Waals surface area (Å²) >= 11 is 5.77. The largest absolute Gasteiger partial charge is 0.454 e.